The summed E-state index contributed by atoms with van der Waals surface area (Å²) < 4.78 is 15.7. The number of nitrogens with one attached hydrogen (secondary N) is 1. The number of oxazole rings is 1. The minimum Gasteiger partial charge on any atom is -0.465 e. The lowest BCUT2D eigenvalue weighted by atomic mass is 10.1. The number of aromatic nitrogens is 1. The standard InChI is InChI=1S/C20H18N2O7/c1-27-19(25)14-8-6-13(7-9-14)10-21-17(23)12-28-18(24)11-22-15-4-2-3-5-16(15)29-20(22)26/h2-9H,10-12H2,1H3,(H,21,23). The third-order valence-electron chi connectivity index (χ3n) is 4.09. The summed E-state index contributed by atoms with van der Waals surface area (Å²) >= 11 is 0. The van der Waals surface area contributed by atoms with Gasteiger partial charge in [0.1, 0.15) is 6.54 Å². The van der Waals surface area contributed by atoms with Gasteiger partial charge in [-0.25, -0.2) is 9.59 Å². The third kappa shape index (κ3) is 4.89. The maximum absolute atomic E-state index is 12.0. The van der Waals surface area contributed by atoms with Crippen molar-refractivity contribution in [2.45, 2.75) is 13.1 Å². The number of carbonyl (C=O) groups is 3. The number of rotatable bonds is 7. The second kappa shape index (κ2) is 8.87. The molecule has 3 rings (SSSR count). The van der Waals surface area contributed by atoms with Crippen LogP contribution in [0.3, 0.4) is 0 Å². The normalized spacial score (nSPS) is 10.5. The lowest BCUT2D eigenvalue weighted by Gasteiger charge is -2.07. The summed E-state index contributed by atoms with van der Waals surface area (Å²) in [7, 11) is 1.29. The van der Waals surface area contributed by atoms with E-state index in [1.807, 2.05) is 0 Å². The molecule has 1 aromatic heterocycles. The molecule has 0 spiro atoms. The predicted octanol–water partition coefficient (Wildman–Crippen LogP) is 1.24. The number of nitrogens with zero attached hydrogens (tertiary/aromatic N) is 1. The molecule has 150 valence electrons. The van der Waals surface area contributed by atoms with Gasteiger partial charge in [-0.3, -0.25) is 14.2 Å². The molecule has 3 aromatic rings. The largest absolute Gasteiger partial charge is 0.465 e. The number of para-hydroxylation sites is 2. The van der Waals surface area contributed by atoms with Crippen molar-refractivity contribution in [2.75, 3.05) is 13.7 Å². The van der Waals surface area contributed by atoms with Gasteiger partial charge in [0, 0.05) is 6.54 Å². The van der Waals surface area contributed by atoms with Crippen molar-refractivity contribution < 1.29 is 28.3 Å². The van der Waals surface area contributed by atoms with E-state index in [4.69, 9.17) is 9.15 Å². The average Bonchev–Trinajstić information content (AvgIpc) is 3.05. The van der Waals surface area contributed by atoms with E-state index in [0.29, 0.717) is 16.7 Å². The Morgan fingerprint density at radius 2 is 1.79 bits per heavy atom. The zero-order valence-corrected chi connectivity index (χ0v) is 15.5. The van der Waals surface area contributed by atoms with E-state index in [-0.39, 0.29) is 13.1 Å². The fourth-order valence-corrected chi connectivity index (χ4v) is 2.61. The predicted molar refractivity (Wildman–Crippen MR) is 101 cm³/mol. The van der Waals surface area contributed by atoms with Crippen molar-refractivity contribution in [2.24, 2.45) is 0 Å². The minimum atomic E-state index is -0.740. The molecule has 0 bridgehead atoms. The van der Waals surface area contributed by atoms with Crippen LogP contribution in [0, 0.1) is 0 Å². The molecule has 1 heterocycles. The van der Waals surface area contributed by atoms with Gasteiger partial charge >= 0.3 is 17.7 Å². The first-order chi connectivity index (χ1) is 14.0. The number of ether oxygens (including phenoxy) is 2. The summed E-state index contributed by atoms with van der Waals surface area (Å²) in [5.41, 5.74) is 1.99. The number of hydrogen-bond acceptors (Lipinski definition) is 7. The Morgan fingerprint density at radius 3 is 2.52 bits per heavy atom. The van der Waals surface area contributed by atoms with Gasteiger partial charge in [0.25, 0.3) is 5.91 Å². The van der Waals surface area contributed by atoms with E-state index in [9.17, 15) is 19.2 Å². The highest BCUT2D eigenvalue weighted by Gasteiger charge is 2.14. The Balaban J connectivity index is 1.47. The Kier molecular flexibility index (Phi) is 6.08. The van der Waals surface area contributed by atoms with Crippen molar-refractivity contribution in [3.8, 4) is 0 Å². The Hall–Kier alpha value is -3.88. The SMILES string of the molecule is COC(=O)c1ccc(CNC(=O)COC(=O)Cn2c(=O)oc3ccccc32)cc1. The van der Waals surface area contributed by atoms with Gasteiger partial charge < -0.3 is 19.2 Å². The Bertz CT molecular complexity index is 1100. The van der Waals surface area contributed by atoms with Crippen LogP contribution >= 0.6 is 0 Å². The van der Waals surface area contributed by atoms with Crippen LogP contribution in [-0.4, -0.2) is 36.1 Å². The third-order valence-corrected chi connectivity index (χ3v) is 4.09. The number of amides is 1. The lowest BCUT2D eigenvalue weighted by molar-refractivity contribution is -0.149. The first-order valence-corrected chi connectivity index (χ1v) is 8.66. The second-order valence-electron chi connectivity index (χ2n) is 6.05. The topological polar surface area (TPSA) is 117 Å². The molecular weight excluding hydrogens is 380 g/mol. The van der Waals surface area contributed by atoms with E-state index < -0.39 is 30.2 Å². The zero-order chi connectivity index (χ0) is 20.8. The van der Waals surface area contributed by atoms with Crippen molar-refractivity contribution in [1.82, 2.24) is 9.88 Å². The van der Waals surface area contributed by atoms with Crippen LogP contribution in [0.15, 0.2) is 57.7 Å². The fourth-order valence-electron chi connectivity index (χ4n) is 2.61. The maximum atomic E-state index is 12.0. The number of esters is 2. The Labute approximate surface area is 164 Å². The molecule has 0 aliphatic heterocycles. The molecule has 1 amide bonds. The van der Waals surface area contributed by atoms with Crippen molar-refractivity contribution in [1.29, 1.82) is 0 Å². The molecule has 9 nitrogen and oxygen atoms in total. The summed E-state index contributed by atoms with van der Waals surface area (Å²) in [6, 6.07) is 13.2. The van der Waals surface area contributed by atoms with Crippen molar-refractivity contribution in [3.63, 3.8) is 0 Å². The second-order valence-corrected chi connectivity index (χ2v) is 6.05. The number of fused-ring (bicyclic) bond motifs is 1. The zero-order valence-electron chi connectivity index (χ0n) is 15.5. The number of methoxy groups -OCH3 is 1. The van der Waals surface area contributed by atoms with E-state index >= 15 is 0 Å². The van der Waals surface area contributed by atoms with Gasteiger partial charge in [0.2, 0.25) is 0 Å². The number of hydrogen-bond donors (Lipinski definition) is 1. The summed E-state index contributed by atoms with van der Waals surface area (Å²) in [4.78, 5) is 47.1. The molecule has 0 saturated carbocycles. The lowest BCUT2D eigenvalue weighted by Crippen LogP contribution is -2.30. The Morgan fingerprint density at radius 1 is 1.07 bits per heavy atom. The van der Waals surface area contributed by atoms with E-state index in [0.717, 1.165) is 10.1 Å². The van der Waals surface area contributed by atoms with Gasteiger partial charge in [0.15, 0.2) is 12.2 Å². The average molecular weight is 398 g/mol. The maximum Gasteiger partial charge on any atom is 0.420 e. The first-order valence-electron chi connectivity index (χ1n) is 8.66. The van der Waals surface area contributed by atoms with Gasteiger partial charge in [-0.05, 0) is 29.8 Å². The summed E-state index contributed by atoms with van der Waals surface area (Å²) in [5.74, 6) is -2.36. The van der Waals surface area contributed by atoms with Crippen LogP contribution in [0.5, 0.6) is 0 Å². The van der Waals surface area contributed by atoms with Gasteiger partial charge in [0.05, 0.1) is 18.2 Å². The molecule has 0 aliphatic carbocycles. The van der Waals surface area contributed by atoms with Crippen LogP contribution < -0.4 is 11.1 Å². The molecule has 9 heteroatoms. The van der Waals surface area contributed by atoms with Crippen LogP contribution in [0.4, 0.5) is 0 Å². The van der Waals surface area contributed by atoms with Crippen LogP contribution in [-0.2, 0) is 32.2 Å². The van der Waals surface area contributed by atoms with Crippen LogP contribution in [0.1, 0.15) is 15.9 Å². The molecule has 0 unspecified atom stereocenters. The first kappa shape index (κ1) is 19.9. The number of carbonyl (C=O) groups excluding carboxylic acids is 3. The molecule has 0 fully saturated rings. The molecule has 0 aliphatic rings. The molecule has 0 radical (unpaired) electrons. The summed E-state index contributed by atoms with van der Waals surface area (Å²) in [6.07, 6.45) is 0. The smallest absolute Gasteiger partial charge is 0.420 e. The van der Waals surface area contributed by atoms with E-state index in [1.54, 1.807) is 48.5 Å². The van der Waals surface area contributed by atoms with Crippen LogP contribution in [0.25, 0.3) is 11.1 Å². The number of benzene rings is 2. The molecule has 1 N–H and O–H groups in total. The molecule has 2 aromatic carbocycles. The van der Waals surface area contributed by atoms with Crippen molar-refractivity contribution in [3.05, 3.63) is 70.2 Å². The monoisotopic (exact) mass is 398 g/mol. The van der Waals surface area contributed by atoms with Crippen LogP contribution in [0.2, 0.25) is 0 Å². The highest BCUT2D eigenvalue weighted by molar-refractivity contribution is 5.89. The minimum absolute atomic E-state index is 0.198. The highest BCUT2D eigenvalue weighted by Crippen LogP contribution is 2.11. The summed E-state index contributed by atoms with van der Waals surface area (Å²) in [5, 5.41) is 2.60. The van der Waals surface area contributed by atoms with E-state index in [2.05, 4.69) is 10.1 Å². The van der Waals surface area contributed by atoms with Gasteiger partial charge in [-0.1, -0.05) is 24.3 Å². The molecule has 0 atom stereocenters. The van der Waals surface area contributed by atoms with Crippen molar-refractivity contribution >= 4 is 28.9 Å². The highest BCUT2D eigenvalue weighted by atomic mass is 16.5. The van der Waals surface area contributed by atoms with Gasteiger partial charge in [-0.2, -0.15) is 0 Å². The van der Waals surface area contributed by atoms with Gasteiger partial charge in [-0.15, -0.1) is 0 Å². The van der Waals surface area contributed by atoms with E-state index in [1.165, 1.54) is 7.11 Å². The quantitative estimate of drug-likeness (QED) is 0.595. The molecular formula is C20H18N2O7. The molecule has 0 saturated heterocycles. The fraction of sp³-hybridized carbons (Fsp3) is 0.200. The molecule has 29 heavy (non-hydrogen) atoms. The summed E-state index contributed by atoms with van der Waals surface area (Å²) in [6.45, 7) is -0.647.